The lowest BCUT2D eigenvalue weighted by Crippen LogP contribution is -2.15. The Hall–Kier alpha value is -4.33. The van der Waals surface area contributed by atoms with Gasteiger partial charge in [0.15, 0.2) is 0 Å². The molecule has 0 saturated carbocycles. The van der Waals surface area contributed by atoms with E-state index in [1.165, 1.54) is 12.1 Å². The van der Waals surface area contributed by atoms with E-state index in [9.17, 15) is 4.39 Å². The van der Waals surface area contributed by atoms with Gasteiger partial charge in [0, 0.05) is 29.6 Å². The Morgan fingerprint density at radius 3 is 2.68 bits per heavy atom. The summed E-state index contributed by atoms with van der Waals surface area (Å²) < 4.78 is 21.9. The molecule has 0 radical (unpaired) electrons. The molecule has 34 heavy (non-hydrogen) atoms. The summed E-state index contributed by atoms with van der Waals surface area (Å²) in [5.41, 5.74) is 9.84. The summed E-state index contributed by atoms with van der Waals surface area (Å²) in [5, 5.41) is 1.07. The number of rotatable bonds is 5. The summed E-state index contributed by atoms with van der Waals surface area (Å²) in [6.45, 7) is 0.436. The highest BCUT2D eigenvalue weighted by molar-refractivity contribution is 5.79. The predicted molar refractivity (Wildman–Crippen MR) is 128 cm³/mol. The van der Waals surface area contributed by atoms with Gasteiger partial charge in [0.25, 0.3) is 0 Å². The van der Waals surface area contributed by atoms with Crippen molar-refractivity contribution in [2.24, 2.45) is 0 Å². The number of nitrogen functional groups attached to an aromatic ring is 1. The summed E-state index contributed by atoms with van der Waals surface area (Å²) in [6, 6.07) is 20.0. The van der Waals surface area contributed by atoms with Gasteiger partial charge in [0.1, 0.15) is 18.2 Å². The third-order valence-electron chi connectivity index (χ3n) is 6.08. The van der Waals surface area contributed by atoms with Crippen LogP contribution in [0.5, 0.6) is 5.88 Å². The van der Waals surface area contributed by atoms with Crippen LogP contribution < -0.4 is 10.5 Å². The zero-order valence-corrected chi connectivity index (χ0v) is 18.2. The number of halogens is 1. The standard InChI is InChI=1S/C26H21FN6O/c27-18-8-5-17(6-9-18)24-25(21-13-14-29-26(28)31-21)33-19(10-11-22(33)32-24)15-34-23-12-7-16-3-1-2-4-20(16)30-23/h1-9,12-14,19H,10-11,15H2,(H2,28,29,31)/t19-/m0/s1. The second-order valence-electron chi connectivity index (χ2n) is 8.25. The van der Waals surface area contributed by atoms with Gasteiger partial charge in [-0.2, -0.15) is 0 Å². The third-order valence-corrected chi connectivity index (χ3v) is 6.08. The largest absolute Gasteiger partial charge is 0.475 e. The molecule has 1 aliphatic heterocycles. The van der Waals surface area contributed by atoms with E-state index >= 15 is 0 Å². The van der Waals surface area contributed by atoms with Crippen molar-refractivity contribution in [3.05, 3.63) is 84.6 Å². The van der Waals surface area contributed by atoms with E-state index in [1.807, 2.05) is 42.5 Å². The summed E-state index contributed by atoms with van der Waals surface area (Å²) >= 11 is 0. The van der Waals surface area contributed by atoms with Crippen molar-refractivity contribution in [2.45, 2.75) is 18.9 Å². The number of aromatic nitrogens is 5. The number of para-hydroxylation sites is 1. The molecular weight excluding hydrogens is 431 g/mol. The highest BCUT2D eigenvalue weighted by Gasteiger charge is 2.31. The molecule has 7 nitrogen and oxygen atoms in total. The van der Waals surface area contributed by atoms with E-state index in [4.69, 9.17) is 15.5 Å². The molecule has 2 N–H and O–H groups in total. The van der Waals surface area contributed by atoms with Crippen LogP contribution in [0.3, 0.4) is 0 Å². The van der Waals surface area contributed by atoms with Crippen molar-refractivity contribution in [2.75, 3.05) is 12.3 Å². The van der Waals surface area contributed by atoms with E-state index < -0.39 is 0 Å². The van der Waals surface area contributed by atoms with Crippen molar-refractivity contribution in [1.82, 2.24) is 24.5 Å². The lowest BCUT2D eigenvalue weighted by molar-refractivity contribution is 0.248. The Morgan fingerprint density at radius 1 is 0.971 bits per heavy atom. The maximum absolute atomic E-state index is 13.6. The van der Waals surface area contributed by atoms with E-state index in [0.29, 0.717) is 18.2 Å². The van der Waals surface area contributed by atoms with Crippen LogP contribution in [0.25, 0.3) is 33.5 Å². The van der Waals surface area contributed by atoms with Crippen molar-refractivity contribution < 1.29 is 9.13 Å². The number of nitrogens with zero attached hydrogens (tertiary/aromatic N) is 5. The fraction of sp³-hybridized carbons (Fsp3) is 0.154. The molecule has 0 fully saturated rings. The normalized spacial score (nSPS) is 14.9. The number of fused-ring (bicyclic) bond motifs is 2. The first-order chi connectivity index (χ1) is 16.7. The van der Waals surface area contributed by atoms with Gasteiger partial charge in [-0.05, 0) is 48.9 Å². The molecule has 1 atom stereocenters. The van der Waals surface area contributed by atoms with Gasteiger partial charge < -0.3 is 15.0 Å². The smallest absolute Gasteiger partial charge is 0.220 e. The molecule has 0 spiro atoms. The molecule has 0 saturated heterocycles. The molecule has 6 rings (SSSR count). The van der Waals surface area contributed by atoms with Gasteiger partial charge in [0.05, 0.1) is 28.6 Å². The zero-order chi connectivity index (χ0) is 23.1. The van der Waals surface area contributed by atoms with E-state index in [1.54, 1.807) is 18.3 Å². The molecule has 5 aromatic rings. The lowest BCUT2D eigenvalue weighted by Gasteiger charge is -2.18. The van der Waals surface area contributed by atoms with Gasteiger partial charge in [0.2, 0.25) is 11.8 Å². The van der Waals surface area contributed by atoms with Gasteiger partial charge in [-0.3, -0.25) is 0 Å². The molecular formula is C26H21FN6O. The molecule has 0 unspecified atom stereocenters. The van der Waals surface area contributed by atoms with Crippen LogP contribution in [0.15, 0.2) is 72.9 Å². The second kappa shape index (κ2) is 8.22. The number of hydrogen-bond donors (Lipinski definition) is 1. The number of ether oxygens (including phenoxy) is 1. The fourth-order valence-corrected chi connectivity index (χ4v) is 4.50. The Balaban J connectivity index is 1.38. The Morgan fingerprint density at radius 2 is 1.82 bits per heavy atom. The van der Waals surface area contributed by atoms with Crippen molar-refractivity contribution in [3.63, 3.8) is 0 Å². The summed E-state index contributed by atoms with van der Waals surface area (Å²) in [4.78, 5) is 18.0. The van der Waals surface area contributed by atoms with Crippen LogP contribution in [0.1, 0.15) is 18.3 Å². The lowest BCUT2D eigenvalue weighted by atomic mass is 10.1. The topological polar surface area (TPSA) is 91.7 Å². The highest BCUT2D eigenvalue weighted by Crippen LogP contribution is 2.39. The summed E-state index contributed by atoms with van der Waals surface area (Å²) in [7, 11) is 0. The van der Waals surface area contributed by atoms with Gasteiger partial charge in [-0.15, -0.1) is 0 Å². The molecule has 168 valence electrons. The molecule has 3 aromatic heterocycles. The summed E-state index contributed by atoms with van der Waals surface area (Å²) in [6.07, 6.45) is 3.31. The SMILES string of the molecule is Nc1nccc(-c2c(-c3ccc(F)cc3)nc3n2[C@H](COc2ccc4ccccc4n2)CC3)n1. The van der Waals surface area contributed by atoms with Crippen molar-refractivity contribution >= 4 is 16.9 Å². The average molecular weight is 452 g/mol. The zero-order valence-electron chi connectivity index (χ0n) is 18.2. The number of pyridine rings is 1. The quantitative estimate of drug-likeness (QED) is 0.410. The van der Waals surface area contributed by atoms with Crippen LogP contribution in [0, 0.1) is 5.82 Å². The van der Waals surface area contributed by atoms with Crippen LogP contribution in [0.2, 0.25) is 0 Å². The van der Waals surface area contributed by atoms with Gasteiger partial charge >= 0.3 is 0 Å². The second-order valence-corrected chi connectivity index (χ2v) is 8.25. The average Bonchev–Trinajstić information content (AvgIpc) is 3.42. The number of benzene rings is 2. The highest BCUT2D eigenvalue weighted by atomic mass is 19.1. The van der Waals surface area contributed by atoms with Crippen LogP contribution in [-0.2, 0) is 6.42 Å². The minimum absolute atomic E-state index is 0.0381. The molecule has 0 amide bonds. The number of imidazole rings is 1. The van der Waals surface area contributed by atoms with Crippen LogP contribution >= 0.6 is 0 Å². The minimum Gasteiger partial charge on any atom is -0.475 e. The Labute approximate surface area is 195 Å². The van der Waals surface area contributed by atoms with Crippen molar-refractivity contribution in [3.8, 4) is 28.5 Å². The molecule has 1 aliphatic rings. The van der Waals surface area contributed by atoms with E-state index in [2.05, 4.69) is 19.5 Å². The van der Waals surface area contributed by atoms with Crippen LogP contribution in [-0.4, -0.2) is 31.1 Å². The molecule has 8 heteroatoms. The number of hydrogen-bond acceptors (Lipinski definition) is 6. The Bertz CT molecular complexity index is 1500. The van der Waals surface area contributed by atoms with Gasteiger partial charge in [-0.25, -0.2) is 24.3 Å². The number of nitrogens with two attached hydrogens (primary N) is 1. The van der Waals surface area contributed by atoms with E-state index in [0.717, 1.165) is 46.5 Å². The first kappa shape index (κ1) is 20.3. The monoisotopic (exact) mass is 452 g/mol. The maximum Gasteiger partial charge on any atom is 0.220 e. The van der Waals surface area contributed by atoms with Crippen LogP contribution in [0.4, 0.5) is 10.3 Å². The van der Waals surface area contributed by atoms with E-state index in [-0.39, 0.29) is 17.8 Å². The Kier molecular flexibility index (Phi) is 4.91. The van der Waals surface area contributed by atoms with Gasteiger partial charge in [-0.1, -0.05) is 18.2 Å². The number of anilines is 1. The molecule has 0 bridgehead atoms. The van der Waals surface area contributed by atoms with Crippen molar-refractivity contribution in [1.29, 1.82) is 0 Å². The maximum atomic E-state index is 13.6. The minimum atomic E-state index is -0.294. The fourth-order valence-electron chi connectivity index (χ4n) is 4.50. The number of aryl methyl sites for hydroxylation is 1. The molecule has 4 heterocycles. The predicted octanol–water partition coefficient (Wildman–Crippen LogP) is 4.84. The molecule has 2 aromatic carbocycles. The third kappa shape index (κ3) is 3.63. The first-order valence-corrected chi connectivity index (χ1v) is 11.1. The first-order valence-electron chi connectivity index (χ1n) is 11.1. The molecule has 0 aliphatic carbocycles. The summed E-state index contributed by atoms with van der Waals surface area (Å²) in [5.74, 6) is 1.41.